The molecule has 132 valence electrons. The normalized spacial score (nSPS) is 15.8. The molecule has 1 aromatic carbocycles. The molecule has 25 heavy (non-hydrogen) atoms. The molecule has 1 atom stereocenters. The molecule has 5 nitrogen and oxygen atoms in total. The van der Waals surface area contributed by atoms with Gasteiger partial charge >= 0.3 is 6.03 Å². The second kappa shape index (κ2) is 8.21. The maximum absolute atomic E-state index is 12.4. The second-order valence-corrected chi connectivity index (χ2v) is 6.69. The van der Waals surface area contributed by atoms with Crippen LogP contribution in [0.3, 0.4) is 0 Å². The van der Waals surface area contributed by atoms with Crippen LogP contribution in [0.25, 0.3) is 0 Å². The predicted molar refractivity (Wildman–Crippen MR) is 101 cm³/mol. The Bertz CT molecular complexity index is 702. The minimum atomic E-state index is -0.00505. The van der Waals surface area contributed by atoms with Crippen LogP contribution in [0.1, 0.15) is 18.4 Å². The number of anilines is 1. The molecule has 0 spiro atoms. The number of carbonyl (C=O) groups excluding carboxylic acids is 1. The van der Waals surface area contributed by atoms with Crippen LogP contribution in [-0.4, -0.2) is 48.6 Å². The third-order valence-corrected chi connectivity index (χ3v) is 4.83. The van der Waals surface area contributed by atoms with E-state index in [0.29, 0.717) is 30.6 Å². The summed E-state index contributed by atoms with van der Waals surface area (Å²) in [6.07, 6.45) is 1.74. The highest BCUT2D eigenvalue weighted by Gasteiger charge is 2.23. The average molecular weight is 359 g/mol. The van der Waals surface area contributed by atoms with E-state index in [1.807, 2.05) is 35.2 Å². The maximum Gasteiger partial charge on any atom is 0.317 e. The van der Waals surface area contributed by atoms with Gasteiger partial charge in [0.15, 0.2) is 0 Å². The first kappa shape index (κ1) is 17.5. The van der Waals surface area contributed by atoms with E-state index in [9.17, 15) is 4.79 Å². The summed E-state index contributed by atoms with van der Waals surface area (Å²) < 4.78 is 0. The quantitative estimate of drug-likeness (QED) is 0.911. The molecule has 1 saturated heterocycles. The number of nitrogens with zero attached hydrogens (tertiary/aromatic N) is 3. The van der Waals surface area contributed by atoms with E-state index in [1.54, 1.807) is 6.20 Å². The number of hydrogen-bond acceptors (Lipinski definition) is 3. The van der Waals surface area contributed by atoms with Crippen molar-refractivity contribution in [1.29, 1.82) is 0 Å². The number of halogens is 1. The minimum absolute atomic E-state index is 0.00505. The van der Waals surface area contributed by atoms with Crippen molar-refractivity contribution in [3.63, 3.8) is 0 Å². The fourth-order valence-electron chi connectivity index (χ4n) is 2.98. The smallest absolute Gasteiger partial charge is 0.317 e. The van der Waals surface area contributed by atoms with Gasteiger partial charge in [0.2, 0.25) is 0 Å². The third kappa shape index (κ3) is 4.42. The fourth-order valence-corrected chi connectivity index (χ4v) is 3.22. The van der Waals surface area contributed by atoms with Gasteiger partial charge in [0.05, 0.1) is 5.02 Å². The number of amides is 2. The van der Waals surface area contributed by atoms with E-state index in [1.165, 1.54) is 5.56 Å². The molecule has 0 bridgehead atoms. The van der Waals surface area contributed by atoms with E-state index in [4.69, 9.17) is 11.6 Å². The zero-order valence-corrected chi connectivity index (χ0v) is 15.1. The topological polar surface area (TPSA) is 48.5 Å². The van der Waals surface area contributed by atoms with Crippen LogP contribution in [0.4, 0.5) is 10.6 Å². The lowest BCUT2D eigenvalue weighted by molar-refractivity contribution is 0.194. The molecule has 1 aromatic heterocycles. The number of aromatic nitrogens is 1. The van der Waals surface area contributed by atoms with Crippen molar-refractivity contribution in [2.45, 2.75) is 12.8 Å². The van der Waals surface area contributed by atoms with E-state index in [-0.39, 0.29) is 6.03 Å². The number of pyridine rings is 1. The van der Waals surface area contributed by atoms with Gasteiger partial charge in [0, 0.05) is 38.9 Å². The van der Waals surface area contributed by atoms with Crippen molar-refractivity contribution < 1.29 is 4.79 Å². The van der Waals surface area contributed by atoms with Gasteiger partial charge in [-0.05, 0) is 23.6 Å². The Hall–Kier alpha value is -2.27. The van der Waals surface area contributed by atoms with Gasteiger partial charge in [-0.25, -0.2) is 9.78 Å². The summed E-state index contributed by atoms with van der Waals surface area (Å²) in [5, 5.41) is 3.69. The summed E-state index contributed by atoms with van der Waals surface area (Å²) >= 11 is 6.20. The molecular weight excluding hydrogens is 336 g/mol. The van der Waals surface area contributed by atoms with Gasteiger partial charge in [-0.1, -0.05) is 48.9 Å². The molecule has 1 aliphatic rings. The summed E-state index contributed by atoms with van der Waals surface area (Å²) in [7, 11) is 0. The number of hydrogen-bond donors (Lipinski definition) is 1. The van der Waals surface area contributed by atoms with Crippen LogP contribution < -0.4 is 10.2 Å². The Morgan fingerprint density at radius 3 is 2.56 bits per heavy atom. The molecule has 0 saturated carbocycles. The molecular formula is C19H23ClN4O. The number of rotatable bonds is 4. The Kier molecular flexibility index (Phi) is 5.76. The van der Waals surface area contributed by atoms with Gasteiger partial charge in [-0.15, -0.1) is 0 Å². The van der Waals surface area contributed by atoms with Gasteiger partial charge in [-0.3, -0.25) is 0 Å². The lowest BCUT2D eigenvalue weighted by atomic mass is 10.0. The van der Waals surface area contributed by atoms with Crippen LogP contribution in [0.2, 0.25) is 5.02 Å². The maximum atomic E-state index is 12.4. The molecule has 0 aliphatic carbocycles. The van der Waals surface area contributed by atoms with Crippen molar-refractivity contribution >= 4 is 23.4 Å². The minimum Gasteiger partial charge on any atom is -0.352 e. The first-order valence-corrected chi connectivity index (χ1v) is 8.96. The van der Waals surface area contributed by atoms with Crippen molar-refractivity contribution in [2.75, 3.05) is 37.6 Å². The Labute approximate surface area is 153 Å². The number of urea groups is 1. The van der Waals surface area contributed by atoms with Gasteiger partial charge in [0.1, 0.15) is 5.82 Å². The number of carbonyl (C=O) groups is 1. The van der Waals surface area contributed by atoms with Crippen molar-refractivity contribution in [3.8, 4) is 0 Å². The Morgan fingerprint density at radius 1 is 1.16 bits per heavy atom. The van der Waals surface area contributed by atoms with Crippen molar-refractivity contribution in [3.05, 3.63) is 59.2 Å². The van der Waals surface area contributed by atoms with E-state index in [0.717, 1.165) is 18.9 Å². The molecule has 0 radical (unpaired) electrons. The molecule has 1 unspecified atom stereocenters. The second-order valence-electron chi connectivity index (χ2n) is 6.28. The monoisotopic (exact) mass is 358 g/mol. The molecule has 2 amide bonds. The number of benzene rings is 1. The lowest BCUT2D eigenvalue weighted by Gasteiger charge is -2.35. The summed E-state index contributed by atoms with van der Waals surface area (Å²) in [6, 6.07) is 13.9. The lowest BCUT2D eigenvalue weighted by Crippen LogP contribution is -2.52. The Morgan fingerprint density at radius 2 is 1.88 bits per heavy atom. The fraction of sp³-hybridized carbons (Fsp3) is 0.368. The van der Waals surface area contributed by atoms with E-state index in [2.05, 4.69) is 34.3 Å². The van der Waals surface area contributed by atoms with Crippen LogP contribution >= 0.6 is 11.6 Å². The summed E-state index contributed by atoms with van der Waals surface area (Å²) in [5.41, 5.74) is 1.23. The van der Waals surface area contributed by atoms with Gasteiger partial charge < -0.3 is 15.1 Å². The predicted octanol–water partition coefficient (Wildman–Crippen LogP) is 3.37. The molecule has 1 N–H and O–H groups in total. The van der Waals surface area contributed by atoms with Crippen LogP contribution in [0, 0.1) is 0 Å². The van der Waals surface area contributed by atoms with Gasteiger partial charge in [0.25, 0.3) is 0 Å². The van der Waals surface area contributed by atoms with E-state index >= 15 is 0 Å². The summed E-state index contributed by atoms with van der Waals surface area (Å²) in [6.45, 7) is 5.56. The average Bonchev–Trinajstić information content (AvgIpc) is 2.67. The van der Waals surface area contributed by atoms with Crippen LogP contribution in [0.15, 0.2) is 48.7 Å². The highest BCUT2D eigenvalue weighted by atomic mass is 35.5. The molecule has 1 fully saturated rings. The molecule has 3 rings (SSSR count). The standard InChI is InChI=1S/C19H23ClN4O/c1-15(16-6-3-2-4-7-16)14-22-19(25)24-12-10-23(11-13-24)18-17(20)8-5-9-21-18/h2-9,15H,10-14H2,1H3,(H,22,25). The number of piperazine rings is 1. The SMILES string of the molecule is CC(CNC(=O)N1CCN(c2ncccc2Cl)CC1)c1ccccc1. The first-order chi connectivity index (χ1) is 12.1. The zero-order valence-electron chi connectivity index (χ0n) is 14.4. The van der Waals surface area contributed by atoms with Gasteiger partial charge in [-0.2, -0.15) is 0 Å². The zero-order chi connectivity index (χ0) is 17.6. The highest BCUT2D eigenvalue weighted by Crippen LogP contribution is 2.23. The highest BCUT2D eigenvalue weighted by molar-refractivity contribution is 6.32. The molecule has 1 aliphatic heterocycles. The summed E-state index contributed by atoms with van der Waals surface area (Å²) in [4.78, 5) is 20.7. The molecule has 6 heteroatoms. The first-order valence-electron chi connectivity index (χ1n) is 8.58. The van der Waals surface area contributed by atoms with E-state index < -0.39 is 0 Å². The third-order valence-electron chi connectivity index (χ3n) is 4.53. The molecule has 2 aromatic rings. The summed E-state index contributed by atoms with van der Waals surface area (Å²) in [5.74, 6) is 1.08. The van der Waals surface area contributed by atoms with Crippen molar-refractivity contribution in [2.24, 2.45) is 0 Å². The Balaban J connectivity index is 1.48. The van der Waals surface area contributed by atoms with Crippen LogP contribution in [0.5, 0.6) is 0 Å². The largest absolute Gasteiger partial charge is 0.352 e. The number of nitrogens with one attached hydrogen (secondary N) is 1. The van der Waals surface area contributed by atoms with Crippen molar-refractivity contribution in [1.82, 2.24) is 15.2 Å². The van der Waals surface area contributed by atoms with Crippen LogP contribution in [-0.2, 0) is 0 Å². The molecule has 2 heterocycles.